The fraction of sp³-hybridized carbons (Fsp3) is 0.222. The molecule has 0 saturated heterocycles. The number of aromatic carboxylic acids is 1. The molecule has 2 rings (SSSR count). The van der Waals surface area contributed by atoms with Crippen molar-refractivity contribution in [1.29, 1.82) is 0 Å². The maximum atomic E-state index is 11.0. The Hall–Kier alpha value is -1.73. The summed E-state index contributed by atoms with van der Waals surface area (Å²) in [6.07, 6.45) is 3.72. The van der Waals surface area contributed by atoms with Gasteiger partial charge >= 0.3 is 5.97 Å². The monoisotopic (exact) mass is 238 g/mol. The quantitative estimate of drug-likeness (QED) is 0.728. The van der Waals surface area contributed by atoms with Gasteiger partial charge in [-0.05, 0) is 6.54 Å². The number of carboxylic acid groups (broad SMARTS) is 1. The fourth-order valence-corrected chi connectivity index (χ4v) is 2.22. The van der Waals surface area contributed by atoms with Gasteiger partial charge in [-0.1, -0.05) is 0 Å². The molecule has 0 unspecified atom stereocenters. The zero-order valence-electron chi connectivity index (χ0n) is 8.30. The van der Waals surface area contributed by atoms with Gasteiger partial charge in [0.2, 0.25) is 0 Å². The molecule has 0 aromatic carbocycles. The Morgan fingerprint density at radius 1 is 1.62 bits per heavy atom. The van der Waals surface area contributed by atoms with Crippen LogP contribution in [0.3, 0.4) is 0 Å². The Labute approximate surface area is 95.2 Å². The number of nitrogens with zero attached hydrogens (tertiary/aromatic N) is 2. The predicted octanol–water partition coefficient (Wildman–Crippen LogP) is 0.733. The molecule has 0 atom stereocenters. The first kappa shape index (κ1) is 10.8. The molecule has 0 aliphatic heterocycles. The van der Waals surface area contributed by atoms with Gasteiger partial charge in [0.05, 0.1) is 5.69 Å². The third-order valence-corrected chi connectivity index (χ3v) is 3.07. The van der Waals surface area contributed by atoms with E-state index in [9.17, 15) is 4.79 Å². The molecular formula is C9H10N4O2S. The summed E-state index contributed by atoms with van der Waals surface area (Å²) >= 11 is 1.11. The van der Waals surface area contributed by atoms with E-state index >= 15 is 0 Å². The number of thiazole rings is 1. The lowest BCUT2D eigenvalue weighted by atomic mass is 10.3. The summed E-state index contributed by atoms with van der Waals surface area (Å²) in [6.45, 7) is 0.377. The molecule has 2 aromatic rings. The third-order valence-electron chi connectivity index (χ3n) is 1.97. The molecule has 0 aliphatic carbocycles. The number of rotatable bonds is 4. The Morgan fingerprint density at radius 2 is 2.44 bits per heavy atom. The van der Waals surface area contributed by atoms with E-state index in [1.807, 2.05) is 0 Å². The molecule has 0 radical (unpaired) electrons. The second-order valence-corrected chi connectivity index (χ2v) is 4.08. The van der Waals surface area contributed by atoms with E-state index in [-0.39, 0.29) is 4.88 Å². The number of carboxylic acids is 1. The van der Waals surface area contributed by atoms with Crippen molar-refractivity contribution in [2.45, 2.75) is 6.42 Å². The van der Waals surface area contributed by atoms with Crippen molar-refractivity contribution in [2.24, 2.45) is 5.73 Å². The van der Waals surface area contributed by atoms with E-state index in [1.54, 1.807) is 12.4 Å². The van der Waals surface area contributed by atoms with Gasteiger partial charge in [0.15, 0.2) is 10.8 Å². The number of aromatic nitrogens is 3. The van der Waals surface area contributed by atoms with E-state index in [0.29, 0.717) is 29.5 Å². The molecule has 2 heterocycles. The van der Waals surface area contributed by atoms with Crippen molar-refractivity contribution in [1.82, 2.24) is 15.0 Å². The highest BCUT2D eigenvalue weighted by molar-refractivity contribution is 7.16. The molecule has 0 aliphatic rings. The van der Waals surface area contributed by atoms with E-state index in [2.05, 4.69) is 15.0 Å². The smallest absolute Gasteiger partial charge is 0.347 e. The van der Waals surface area contributed by atoms with Crippen molar-refractivity contribution in [3.8, 4) is 10.8 Å². The van der Waals surface area contributed by atoms with Crippen molar-refractivity contribution in [2.75, 3.05) is 6.54 Å². The Morgan fingerprint density at radius 3 is 3.00 bits per heavy atom. The number of H-pyrrole nitrogens is 1. The van der Waals surface area contributed by atoms with Gasteiger partial charge in [-0.2, -0.15) is 0 Å². The van der Waals surface area contributed by atoms with Crippen LogP contribution in [0.25, 0.3) is 10.8 Å². The van der Waals surface area contributed by atoms with E-state index in [4.69, 9.17) is 10.8 Å². The van der Waals surface area contributed by atoms with Gasteiger partial charge in [0, 0.05) is 18.8 Å². The highest BCUT2D eigenvalue weighted by atomic mass is 32.1. The molecule has 0 spiro atoms. The fourth-order valence-electron chi connectivity index (χ4n) is 1.31. The van der Waals surface area contributed by atoms with Gasteiger partial charge in [-0.15, -0.1) is 11.3 Å². The minimum atomic E-state index is -0.973. The average molecular weight is 238 g/mol. The predicted molar refractivity (Wildman–Crippen MR) is 59.4 cm³/mol. The summed E-state index contributed by atoms with van der Waals surface area (Å²) in [6, 6.07) is 0. The average Bonchev–Trinajstić information content (AvgIpc) is 2.83. The van der Waals surface area contributed by atoms with E-state index in [1.165, 1.54) is 0 Å². The third kappa shape index (κ3) is 1.95. The molecular weight excluding hydrogens is 228 g/mol. The van der Waals surface area contributed by atoms with Crippen LogP contribution in [-0.2, 0) is 6.42 Å². The van der Waals surface area contributed by atoms with Crippen LogP contribution in [0.5, 0.6) is 0 Å². The van der Waals surface area contributed by atoms with Crippen molar-refractivity contribution >= 4 is 17.3 Å². The van der Waals surface area contributed by atoms with Crippen LogP contribution in [0.4, 0.5) is 0 Å². The van der Waals surface area contributed by atoms with Crippen LogP contribution in [0.15, 0.2) is 12.4 Å². The molecule has 4 N–H and O–H groups in total. The zero-order valence-corrected chi connectivity index (χ0v) is 9.12. The molecule has 0 bridgehead atoms. The first-order valence-electron chi connectivity index (χ1n) is 4.65. The first-order valence-corrected chi connectivity index (χ1v) is 5.47. The lowest BCUT2D eigenvalue weighted by Crippen LogP contribution is -2.07. The lowest BCUT2D eigenvalue weighted by molar-refractivity contribution is 0.0701. The number of nitrogens with one attached hydrogen (secondary N) is 1. The highest BCUT2D eigenvalue weighted by Crippen LogP contribution is 2.25. The Balaban J connectivity index is 2.42. The van der Waals surface area contributed by atoms with Gasteiger partial charge in [-0.3, -0.25) is 0 Å². The topological polar surface area (TPSA) is 105 Å². The summed E-state index contributed by atoms with van der Waals surface area (Å²) in [5.41, 5.74) is 5.93. The molecule has 7 heteroatoms. The van der Waals surface area contributed by atoms with Crippen LogP contribution in [0.1, 0.15) is 15.4 Å². The number of nitrogens with two attached hydrogens (primary N) is 1. The van der Waals surface area contributed by atoms with Crippen LogP contribution in [0, 0.1) is 0 Å². The molecule has 6 nitrogen and oxygen atoms in total. The summed E-state index contributed by atoms with van der Waals surface area (Å²) in [4.78, 5) is 22.4. The second-order valence-electron chi connectivity index (χ2n) is 3.08. The maximum absolute atomic E-state index is 11.0. The van der Waals surface area contributed by atoms with Gasteiger partial charge < -0.3 is 15.8 Å². The van der Waals surface area contributed by atoms with Crippen LogP contribution in [-0.4, -0.2) is 32.6 Å². The SMILES string of the molecule is NCCc1nc(-c2ncc[nH]2)sc1C(=O)O. The number of aromatic amines is 1. The molecule has 0 fully saturated rings. The number of carbonyl (C=O) groups is 1. The summed E-state index contributed by atoms with van der Waals surface area (Å²) in [7, 11) is 0. The van der Waals surface area contributed by atoms with Crippen molar-refractivity contribution in [3.63, 3.8) is 0 Å². The minimum Gasteiger partial charge on any atom is -0.477 e. The second kappa shape index (κ2) is 4.42. The molecule has 16 heavy (non-hydrogen) atoms. The van der Waals surface area contributed by atoms with Gasteiger partial charge in [0.1, 0.15) is 4.88 Å². The Bertz CT molecular complexity index is 492. The number of imidazole rings is 1. The zero-order chi connectivity index (χ0) is 11.5. The minimum absolute atomic E-state index is 0.233. The Kier molecular flexibility index (Phi) is 2.97. The maximum Gasteiger partial charge on any atom is 0.347 e. The van der Waals surface area contributed by atoms with Crippen LogP contribution >= 0.6 is 11.3 Å². The van der Waals surface area contributed by atoms with Gasteiger partial charge in [0.25, 0.3) is 0 Å². The lowest BCUT2D eigenvalue weighted by Gasteiger charge is -1.93. The normalized spacial score (nSPS) is 10.6. The van der Waals surface area contributed by atoms with Crippen molar-refractivity contribution in [3.05, 3.63) is 23.0 Å². The summed E-state index contributed by atoms with van der Waals surface area (Å²) < 4.78 is 0. The molecule has 84 valence electrons. The van der Waals surface area contributed by atoms with Crippen LogP contribution < -0.4 is 5.73 Å². The van der Waals surface area contributed by atoms with Crippen molar-refractivity contribution < 1.29 is 9.90 Å². The van der Waals surface area contributed by atoms with Gasteiger partial charge in [-0.25, -0.2) is 14.8 Å². The van der Waals surface area contributed by atoms with E-state index in [0.717, 1.165) is 11.3 Å². The van der Waals surface area contributed by atoms with Crippen LogP contribution in [0.2, 0.25) is 0 Å². The number of hydrogen-bond acceptors (Lipinski definition) is 5. The first-order chi connectivity index (χ1) is 7.72. The highest BCUT2D eigenvalue weighted by Gasteiger charge is 2.18. The standard InChI is InChI=1S/C9H10N4O2S/c10-2-1-5-6(9(14)15)16-8(13-5)7-11-3-4-12-7/h3-4H,1-2,10H2,(H,11,12)(H,14,15). The van der Waals surface area contributed by atoms with E-state index < -0.39 is 5.97 Å². The molecule has 2 aromatic heterocycles. The molecule has 0 amide bonds. The largest absolute Gasteiger partial charge is 0.477 e. The summed E-state index contributed by atoms with van der Waals surface area (Å²) in [5.74, 6) is -0.394. The summed E-state index contributed by atoms with van der Waals surface area (Å²) in [5, 5.41) is 9.58. The molecule has 0 saturated carbocycles. The number of hydrogen-bond donors (Lipinski definition) is 3.